The zero-order valence-corrected chi connectivity index (χ0v) is 15.0. The summed E-state index contributed by atoms with van der Waals surface area (Å²) in [7, 11) is -3.72. The van der Waals surface area contributed by atoms with Crippen molar-refractivity contribution in [3.63, 3.8) is 0 Å². The van der Waals surface area contributed by atoms with Crippen molar-refractivity contribution in [3.05, 3.63) is 41.1 Å². The van der Waals surface area contributed by atoms with Crippen molar-refractivity contribution in [1.29, 1.82) is 0 Å². The number of aromatic nitrogens is 1. The molecule has 134 valence electrons. The Morgan fingerprint density at radius 3 is 2.72 bits per heavy atom. The topological polar surface area (TPSA) is 105 Å². The van der Waals surface area contributed by atoms with Gasteiger partial charge in [-0.3, -0.25) is 5.32 Å². The van der Waals surface area contributed by atoms with Crippen LogP contribution in [0.3, 0.4) is 0 Å². The van der Waals surface area contributed by atoms with Crippen molar-refractivity contribution < 1.29 is 17.7 Å². The first-order chi connectivity index (χ1) is 11.9. The van der Waals surface area contributed by atoms with Gasteiger partial charge < -0.3 is 9.84 Å². The average Bonchev–Trinajstić information content (AvgIpc) is 3.17. The van der Waals surface area contributed by atoms with Crippen molar-refractivity contribution in [2.75, 3.05) is 11.9 Å². The molecular weight excluding hydrogens is 368 g/mol. The van der Waals surface area contributed by atoms with E-state index < -0.39 is 22.2 Å². The summed E-state index contributed by atoms with van der Waals surface area (Å²) in [5.74, 6) is 0.822. The lowest BCUT2D eigenvalue weighted by Gasteiger charge is -2.24. The van der Waals surface area contributed by atoms with Gasteiger partial charge in [-0.05, 0) is 44.0 Å². The lowest BCUT2D eigenvalue weighted by atomic mass is 10.3. The largest absolute Gasteiger partial charge is 0.360 e. The number of aryl methyl sites for hydroxylation is 1. The summed E-state index contributed by atoms with van der Waals surface area (Å²) in [5, 5.41) is 9.30. The van der Waals surface area contributed by atoms with E-state index in [0.29, 0.717) is 30.2 Å². The van der Waals surface area contributed by atoms with Gasteiger partial charge in [0.15, 0.2) is 5.82 Å². The van der Waals surface area contributed by atoms with Gasteiger partial charge in [0.05, 0.1) is 11.1 Å². The molecule has 25 heavy (non-hydrogen) atoms. The molecule has 1 aromatic carbocycles. The van der Waals surface area contributed by atoms with E-state index in [1.165, 1.54) is 28.6 Å². The molecule has 0 saturated carbocycles. The lowest BCUT2D eigenvalue weighted by molar-refractivity contribution is 0.240. The van der Waals surface area contributed by atoms with E-state index >= 15 is 0 Å². The summed E-state index contributed by atoms with van der Waals surface area (Å²) >= 11 is 5.81. The first-order valence-electron chi connectivity index (χ1n) is 7.64. The highest BCUT2D eigenvalue weighted by Gasteiger charge is 2.36. The molecule has 0 unspecified atom stereocenters. The second kappa shape index (κ2) is 7.03. The first kappa shape index (κ1) is 17.7. The molecule has 0 radical (unpaired) electrons. The van der Waals surface area contributed by atoms with E-state index in [9.17, 15) is 13.2 Å². The molecule has 2 aromatic rings. The number of amides is 2. The molecule has 0 spiro atoms. The summed E-state index contributed by atoms with van der Waals surface area (Å²) < 4.78 is 31.7. The molecule has 1 aromatic heterocycles. The van der Waals surface area contributed by atoms with Gasteiger partial charge in [0.2, 0.25) is 10.0 Å². The fourth-order valence-corrected chi connectivity index (χ4v) is 4.38. The molecule has 2 heterocycles. The highest BCUT2D eigenvalue weighted by molar-refractivity contribution is 7.89. The van der Waals surface area contributed by atoms with Crippen LogP contribution in [0.2, 0.25) is 5.02 Å². The first-order valence-corrected chi connectivity index (χ1v) is 9.46. The van der Waals surface area contributed by atoms with Crippen LogP contribution in [-0.4, -0.2) is 36.6 Å². The predicted molar refractivity (Wildman–Crippen MR) is 91.8 cm³/mol. The molecule has 0 bridgehead atoms. The monoisotopic (exact) mass is 384 g/mol. The molecule has 2 N–H and O–H groups in total. The molecular formula is C15H17ClN4O4S. The van der Waals surface area contributed by atoms with Gasteiger partial charge in [-0.1, -0.05) is 16.8 Å². The molecule has 3 rings (SSSR count). The van der Waals surface area contributed by atoms with Gasteiger partial charge in [-0.15, -0.1) is 0 Å². The Labute approximate surface area is 150 Å². The number of nitrogens with zero attached hydrogens (tertiary/aromatic N) is 2. The molecule has 10 heteroatoms. The van der Waals surface area contributed by atoms with Crippen molar-refractivity contribution >= 4 is 33.5 Å². The fraction of sp³-hybridized carbons (Fsp3) is 0.333. The second-order valence-corrected chi connectivity index (χ2v) is 7.98. The number of rotatable bonds is 4. The number of hydrogen-bond acceptors (Lipinski definition) is 5. The Morgan fingerprint density at radius 2 is 2.08 bits per heavy atom. The van der Waals surface area contributed by atoms with E-state index in [1.807, 2.05) is 0 Å². The Bertz CT molecular complexity index is 866. The maximum Gasteiger partial charge on any atom is 0.321 e. The Hall–Kier alpha value is -2.10. The number of sulfonamides is 1. The Kier molecular flexibility index (Phi) is 4.98. The summed E-state index contributed by atoms with van der Waals surface area (Å²) in [6, 6.07) is 6.96. The van der Waals surface area contributed by atoms with Crippen LogP contribution in [0.15, 0.2) is 39.8 Å². The van der Waals surface area contributed by atoms with E-state index in [1.54, 1.807) is 13.0 Å². The zero-order valence-electron chi connectivity index (χ0n) is 13.4. The second-order valence-electron chi connectivity index (χ2n) is 5.65. The number of carbonyl (C=O) groups is 1. The molecule has 1 atom stereocenters. The van der Waals surface area contributed by atoms with E-state index in [4.69, 9.17) is 16.1 Å². The number of carbonyl (C=O) groups excluding carboxylic acids is 1. The molecule has 2 amide bonds. The molecule has 1 aliphatic rings. The third-order valence-electron chi connectivity index (χ3n) is 3.79. The maximum atomic E-state index is 12.8. The van der Waals surface area contributed by atoms with Gasteiger partial charge in [-0.2, -0.15) is 4.31 Å². The van der Waals surface area contributed by atoms with Crippen molar-refractivity contribution in [2.45, 2.75) is 30.8 Å². The molecule has 1 fully saturated rings. The average molecular weight is 385 g/mol. The van der Waals surface area contributed by atoms with E-state index in [-0.39, 0.29) is 10.7 Å². The Balaban J connectivity index is 1.71. The summed E-state index contributed by atoms with van der Waals surface area (Å²) in [6.45, 7) is 2.03. The zero-order chi connectivity index (χ0) is 18.0. The number of urea groups is 1. The quantitative estimate of drug-likeness (QED) is 0.842. The highest BCUT2D eigenvalue weighted by atomic mass is 35.5. The fourth-order valence-electron chi connectivity index (χ4n) is 2.64. The van der Waals surface area contributed by atoms with Crippen molar-refractivity contribution in [3.8, 4) is 0 Å². The third-order valence-corrected chi connectivity index (χ3v) is 5.97. The van der Waals surface area contributed by atoms with E-state index in [0.717, 1.165) is 0 Å². The van der Waals surface area contributed by atoms with Crippen LogP contribution in [0.25, 0.3) is 0 Å². The van der Waals surface area contributed by atoms with Crippen LogP contribution >= 0.6 is 11.6 Å². The van der Waals surface area contributed by atoms with Crippen LogP contribution in [0.5, 0.6) is 0 Å². The highest BCUT2D eigenvalue weighted by Crippen LogP contribution is 2.25. The summed E-state index contributed by atoms with van der Waals surface area (Å²) in [4.78, 5) is 12.2. The molecule has 0 aliphatic carbocycles. The number of nitrogens with one attached hydrogen (secondary N) is 2. The van der Waals surface area contributed by atoms with Crippen LogP contribution in [0.4, 0.5) is 10.6 Å². The molecule has 1 saturated heterocycles. The van der Waals surface area contributed by atoms with Gasteiger partial charge in [0, 0.05) is 17.6 Å². The minimum absolute atomic E-state index is 0.137. The van der Waals surface area contributed by atoms with Gasteiger partial charge in [0.25, 0.3) is 0 Å². The minimum atomic E-state index is -3.72. The number of anilines is 1. The number of hydrogen-bond donors (Lipinski definition) is 2. The van der Waals surface area contributed by atoms with Gasteiger partial charge in [-0.25, -0.2) is 13.2 Å². The number of halogens is 1. The summed E-state index contributed by atoms with van der Waals surface area (Å²) in [6.07, 6.45) is 0.549. The lowest BCUT2D eigenvalue weighted by Crippen LogP contribution is -2.48. The Morgan fingerprint density at radius 1 is 1.36 bits per heavy atom. The predicted octanol–water partition coefficient (Wildman–Crippen LogP) is 2.57. The minimum Gasteiger partial charge on any atom is -0.360 e. The van der Waals surface area contributed by atoms with Gasteiger partial charge in [0.1, 0.15) is 5.76 Å². The van der Waals surface area contributed by atoms with Crippen LogP contribution in [0.1, 0.15) is 18.6 Å². The summed E-state index contributed by atoms with van der Waals surface area (Å²) in [5.41, 5.74) is 0. The maximum absolute atomic E-state index is 12.8. The SMILES string of the molecule is Cc1cc(NC(=O)N[C@@H]2CCCN2S(=O)(=O)c2ccc(Cl)cc2)no1. The normalized spacial score (nSPS) is 18.2. The van der Waals surface area contributed by atoms with Crippen LogP contribution in [0, 0.1) is 6.92 Å². The van der Waals surface area contributed by atoms with Crippen molar-refractivity contribution in [2.24, 2.45) is 0 Å². The van der Waals surface area contributed by atoms with Crippen molar-refractivity contribution in [1.82, 2.24) is 14.8 Å². The number of benzene rings is 1. The van der Waals surface area contributed by atoms with Crippen LogP contribution < -0.4 is 10.6 Å². The third kappa shape index (κ3) is 3.94. The van der Waals surface area contributed by atoms with Crippen LogP contribution in [-0.2, 0) is 10.0 Å². The molecule has 8 nitrogen and oxygen atoms in total. The van der Waals surface area contributed by atoms with E-state index in [2.05, 4.69) is 15.8 Å². The standard InChI is InChI=1S/C15H17ClN4O4S/c1-10-9-13(19-24-10)17-15(21)18-14-3-2-8-20(14)25(22,23)12-6-4-11(16)5-7-12/h4-7,9,14H,2-3,8H2,1H3,(H2,17,18,19,21)/t14-/m0/s1. The molecule has 1 aliphatic heterocycles. The van der Waals surface area contributed by atoms with Gasteiger partial charge >= 0.3 is 6.03 Å². The smallest absolute Gasteiger partial charge is 0.321 e.